The number of hydrogen-bond acceptors (Lipinski definition) is 3. The van der Waals surface area contributed by atoms with E-state index in [0.717, 1.165) is 18.5 Å². The Morgan fingerprint density at radius 1 is 1.07 bits per heavy atom. The zero-order chi connectivity index (χ0) is 21.5. The monoisotopic (exact) mass is 407 g/mol. The third-order valence-electron chi connectivity index (χ3n) is 5.37. The number of fused-ring (bicyclic) bond motifs is 1. The first-order chi connectivity index (χ1) is 14.4. The zero-order valence-corrected chi connectivity index (χ0v) is 17.6. The van der Waals surface area contributed by atoms with E-state index < -0.39 is 6.04 Å². The highest BCUT2D eigenvalue weighted by Crippen LogP contribution is 2.19. The molecule has 2 aromatic rings. The average Bonchev–Trinajstić information content (AvgIpc) is 2.75. The molecule has 0 aromatic heterocycles. The standard InChI is InChI=1S/C24H29N3O3/c1-17-7-5-10-20(15-17)24(30)26-18(2)23(29)25-13-6-11-22(28)27-14-12-19-8-3-4-9-21(19)16-27/h3-5,7-10,15,18H,6,11-14,16H2,1-2H3,(H,25,29)(H,26,30). The fourth-order valence-corrected chi connectivity index (χ4v) is 3.60. The Morgan fingerprint density at radius 3 is 2.60 bits per heavy atom. The lowest BCUT2D eigenvalue weighted by atomic mass is 9.99. The molecular formula is C24H29N3O3. The van der Waals surface area contributed by atoms with Crippen LogP contribution in [0.1, 0.15) is 46.8 Å². The first kappa shape index (κ1) is 21.6. The van der Waals surface area contributed by atoms with Crippen LogP contribution in [-0.2, 0) is 22.6 Å². The molecule has 2 N–H and O–H groups in total. The van der Waals surface area contributed by atoms with Gasteiger partial charge in [0.2, 0.25) is 11.8 Å². The number of carbonyl (C=O) groups excluding carboxylic acids is 3. The summed E-state index contributed by atoms with van der Waals surface area (Å²) in [6.45, 7) is 5.36. The molecule has 1 unspecified atom stereocenters. The first-order valence-electron chi connectivity index (χ1n) is 10.4. The minimum atomic E-state index is -0.646. The molecule has 0 saturated carbocycles. The molecule has 30 heavy (non-hydrogen) atoms. The van der Waals surface area contributed by atoms with Gasteiger partial charge >= 0.3 is 0 Å². The summed E-state index contributed by atoms with van der Waals surface area (Å²) < 4.78 is 0. The molecule has 0 aliphatic carbocycles. The summed E-state index contributed by atoms with van der Waals surface area (Å²) in [5.74, 6) is -0.420. The van der Waals surface area contributed by atoms with Gasteiger partial charge in [-0.25, -0.2) is 0 Å². The Balaban J connectivity index is 1.37. The Bertz CT molecular complexity index is 925. The molecule has 6 nitrogen and oxygen atoms in total. The van der Waals surface area contributed by atoms with Gasteiger partial charge in [0, 0.05) is 31.6 Å². The van der Waals surface area contributed by atoms with Crippen LogP contribution in [-0.4, -0.2) is 41.8 Å². The topological polar surface area (TPSA) is 78.5 Å². The van der Waals surface area contributed by atoms with Crippen molar-refractivity contribution in [2.24, 2.45) is 0 Å². The van der Waals surface area contributed by atoms with Gasteiger partial charge < -0.3 is 15.5 Å². The van der Waals surface area contributed by atoms with Gasteiger partial charge in [-0.2, -0.15) is 0 Å². The third-order valence-corrected chi connectivity index (χ3v) is 5.37. The van der Waals surface area contributed by atoms with E-state index in [2.05, 4.69) is 22.8 Å². The molecule has 3 rings (SSSR count). The fraction of sp³-hybridized carbons (Fsp3) is 0.375. The summed E-state index contributed by atoms with van der Waals surface area (Å²) in [5, 5.41) is 5.51. The van der Waals surface area contributed by atoms with Crippen LogP contribution in [0, 0.1) is 6.92 Å². The molecule has 2 aromatic carbocycles. The molecular weight excluding hydrogens is 378 g/mol. The smallest absolute Gasteiger partial charge is 0.251 e. The second kappa shape index (κ2) is 10.1. The van der Waals surface area contributed by atoms with Crippen LogP contribution in [0.25, 0.3) is 0 Å². The highest BCUT2D eigenvalue weighted by molar-refractivity contribution is 5.97. The lowest BCUT2D eigenvalue weighted by Gasteiger charge is -2.29. The molecule has 3 amide bonds. The molecule has 1 aliphatic heterocycles. The number of hydrogen-bond donors (Lipinski definition) is 2. The Kier molecular flexibility index (Phi) is 7.22. The van der Waals surface area contributed by atoms with E-state index in [4.69, 9.17) is 0 Å². The number of nitrogens with zero attached hydrogens (tertiary/aromatic N) is 1. The molecule has 0 spiro atoms. The van der Waals surface area contributed by atoms with Crippen LogP contribution in [0.3, 0.4) is 0 Å². The molecule has 0 bridgehead atoms. The summed E-state index contributed by atoms with van der Waals surface area (Å²) >= 11 is 0. The normalized spacial score (nSPS) is 13.9. The maximum Gasteiger partial charge on any atom is 0.251 e. The van der Waals surface area contributed by atoms with Crippen LogP contribution in [0.4, 0.5) is 0 Å². The second-order valence-corrected chi connectivity index (χ2v) is 7.79. The molecule has 0 radical (unpaired) electrons. The zero-order valence-electron chi connectivity index (χ0n) is 17.6. The molecule has 1 atom stereocenters. The largest absolute Gasteiger partial charge is 0.354 e. The molecule has 0 saturated heterocycles. The summed E-state index contributed by atoms with van der Waals surface area (Å²) in [6.07, 6.45) is 1.85. The van der Waals surface area contributed by atoms with Crippen LogP contribution >= 0.6 is 0 Å². The quantitative estimate of drug-likeness (QED) is 0.693. The predicted molar refractivity (Wildman–Crippen MR) is 116 cm³/mol. The van der Waals surface area contributed by atoms with Gasteiger partial charge in [0.1, 0.15) is 6.04 Å². The van der Waals surface area contributed by atoms with Crippen LogP contribution in [0.15, 0.2) is 48.5 Å². The van der Waals surface area contributed by atoms with Gasteiger partial charge in [-0.1, -0.05) is 42.0 Å². The van der Waals surface area contributed by atoms with Crippen molar-refractivity contribution in [1.82, 2.24) is 15.5 Å². The predicted octanol–water partition coefficient (Wildman–Crippen LogP) is 2.59. The van der Waals surface area contributed by atoms with Gasteiger partial charge in [0.15, 0.2) is 0 Å². The molecule has 1 aliphatic rings. The average molecular weight is 408 g/mol. The van der Waals surface area contributed by atoms with Crippen molar-refractivity contribution in [3.05, 3.63) is 70.8 Å². The number of rotatable bonds is 7. The van der Waals surface area contributed by atoms with Gasteiger partial charge in [0.05, 0.1) is 0 Å². The lowest BCUT2D eigenvalue weighted by molar-refractivity contribution is -0.132. The summed E-state index contributed by atoms with van der Waals surface area (Å²) in [5.41, 5.74) is 4.05. The molecule has 0 fully saturated rings. The van der Waals surface area contributed by atoms with Gasteiger partial charge in [-0.3, -0.25) is 14.4 Å². The van der Waals surface area contributed by atoms with Gasteiger partial charge in [0.25, 0.3) is 5.91 Å². The first-order valence-corrected chi connectivity index (χ1v) is 10.4. The van der Waals surface area contributed by atoms with Crippen LogP contribution in [0.2, 0.25) is 0 Å². The third kappa shape index (κ3) is 5.69. The number of carbonyl (C=O) groups is 3. The number of nitrogens with one attached hydrogen (secondary N) is 2. The van der Waals surface area contributed by atoms with Crippen LogP contribution < -0.4 is 10.6 Å². The molecule has 1 heterocycles. The summed E-state index contributed by atoms with van der Waals surface area (Å²) in [6, 6.07) is 14.8. The fourth-order valence-electron chi connectivity index (χ4n) is 3.60. The van der Waals surface area contributed by atoms with E-state index >= 15 is 0 Å². The maximum atomic E-state index is 12.5. The molecule has 158 valence electrons. The highest BCUT2D eigenvalue weighted by Gasteiger charge is 2.20. The number of benzene rings is 2. The van der Waals surface area contributed by atoms with E-state index in [9.17, 15) is 14.4 Å². The van der Waals surface area contributed by atoms with E-state index in [1.54, 1.807) is 19.1 Å². The minimum absolute atomic E-state index is 0.111. The molecule has 6 heteroatoms. The van der Waals surface area contributed by atoms with Crippen molar-refractivity contribution in [2.75, 3.05) is 13.1 Å². The number of amides is 3. The van der Waals surface area contributed by atoms with Crippen molar-refractivity contribution in [1.29, 1.82) is 0 Å². The van der Waals surface area contributed by atoms with Gasteiger partial charge in [-0.15, -0.1) is 0 Å². The van der Waals surface area contributed by atoms with Crippen LogP contribution in [0.5, 0.6) is 0 Å². The SMILES string of the molecule is Cc1cccc(C(=O)NC(C)C(=O)NCCCC(=O)N2CCc3ccccc3C2)c1. The van der Waals surface area contributed by atoms with Crippen molar-refractivity contribution >= 4 is 17.7 Å². The lowest BCUT2D eigenvalue weighted by Crippen LogP contribution is -2.45. The second-order valence-electron chi connectivity index (χ2n) is 7.79. The van der Waals surface area contributed by atoms with E-state index in [1.165, 1.54) is 11.1 Å². The van der Waals surface area contributed by atoms with E-state index in [0.29, 0.717) is 31.5 Å². The Hall–Kier alpha value is -3.15. The van der Waals surface area contributed by atoms with Gasteiger partial charge in [-0.05, 0) is 49.9 Å². The van der Waals surface area contributed by atoms with Crippen molar-refractivity contribution in [3.8, 4) is 0 Å². The number of aryl methyl sites for hydroxylation is 1. The summed E-state index contributed by atoms with van der Waals surface area (Å²) in [7, 11) is 0. The van der Waals surface area contributed by atoms with Crippen molar-refractivity contribution < 1.29 is 14.4 Å². The van der Waals surface area contributed by atoms with E-state index in [-0.39, 0.29) is 17.7 Å². The summed E-state index contributed by atoms with van der Waals surface area (Å²) in [4.78, 5) is 38.8. The van der Waals surface area contributed by atoms with Crippen molar-refractivity contribution in [3.63, 3.8) is 0 Å². The highest BCUT2D eigenvalue weighted by atomic mass is 16.2. The maximum absolute atomic E-state index is 12.5. The minimum Gasteiger partial charge on any atom is -0.354 e. The Morgan fingerprint density at radius 2 is 1.83 bits per heavy atom. The van der Waals surface area contributed by atoms with E-state index in [1.807, 2.05) is 36.1 Å². The van der Waals surface area contributed by atoms with Crippen molar-refractivity contribution in [2.45, 2.75) is 45.7 Å². The Labute approximate surface area is 177 Å².